The fourth-order valence-corrected chi connectivity index (χ4v) is 1.91. The van der Waals surface area contributed by atoms with Crippen LogP contribution in [-0.2, 0) is 0 Å². The molecule has 0 aliphatic heterocycles. The van der Waals surface area contributed by atoms with Crippen molar-refractivity contribution < 1.29 is 14.1 Å². The molecule has 0 spiro atoms. The summed E-state index contributed by atoms with van der Waals surface area (Å²) in [7, 11) is 0. The molecule has 21 heavy (non-hydrogen) atoms. The predicted octanol–water partition coefficient (Wildman–Crippen LogP) is 2.51. The molecule has 2 rings (SSSR count). The maximum Gasteiger partial charge on any atom is 0.287 e. The van der Waals surface area contributed by atoms with Gasteiger partial charge in [0.2, 0.25) is 0 Å². The van der Waals surface area contributed by atoms with Crippen LogP contribution in [0.3, 0.4) is 0 Å². The summed E-state index contributed by atoms with van der Waals surface area (Å²) in [5, 5.41) is 3.69. The molecule has 0 saturated heterocycles. The van der Waals surface area contributed by atoms with E-state index in [0.29, 0.717) is 18.1 Å². The molecular weight excluding hydrogens is 270 g/mol. The van der Waals surface area contributed by atoms with E-state index in [0.717, 1.165) is 24.8 Å². The number of rotatable bonds is 7. The van der Waals surface area contributed by atoms with Gasteiger partial charge >= 0.3 is 0 Å². The molecule has 0 fully saturated rings. The van der Waals surface area contributed by atoms with E-state index in [4.69, 9.17) is 15.1 Å². The zero-order valence-corrected chi connectivity index (χ0v) is 12.0. The Labute approximate surface area is 123 Å². The van der Waals surface area contributed by atoms with E-state index >= 15 is 0 Å². The number of amides is 1. The summed E-state index contributed by atoms with van der Waals surface area (Å²) >= 11 is 0. The molecule has 1 aromatic heterocycles. The van der Waals surface area contributed by atoms with E-state index in [9.17, 15) is 4.79 Å². The fraction of sp³-hybridized carbons (Fsp3) is 0.333. The Bertz CT molecular complexity index is 595. The van der Waals surface area contributed by atoms with Crippen molar-refractivity contribution in [2.75, 3.05) is 6.61 Å². The zero-order chi connectivity index (χ0) is 15.1. The second-order valence-electron chi connectivity index (χ2n) is 4.60. The standard InChI is InChI=1S/C15H19N3O3/c1-2-3-6-9-20-13-8-5-4-7-11(13)14-10-12(18-21-14)15(19)17-16/h4-5,7-8,10H,2-3,6,9,16H2,1H3,(H,17,19). The molecule has 3 N–H and O–H groups in total. The van der Waals surface area contributed by atoms with Gasteiger partial charge in [-0.05, 0) is 18.6 Å². The van der Waals surface area contributed by atoms with E-state index in [2.05, 4.69) is 12.1 Å². The summed E-state index contributed by atoms with van der Waals surface area (Å²) in [4.78, 5) is 11.4. The van der Waals surface area contributed by atoms with Gasteiger partial charge in [0, 0.05) is 6.07 Å². The lowest BCUT2D eigenvalue weighted by Crippen LogP contribution is -2.30. The summed E-state index contributed by atoms with van der Waals surface area (Å²) in [5.74, 6) is 5.76. The normalized spacial score (nSPS) is 10.4. The highest BCUT2D eigenvalue weighted by atomic mass is 16.5. The molecule has 112 valence electrons. The van der Waals surface area contributed by atoms with Gasteiger partial charge in [0.15, 0.2) is 11.5 Å². The van der Waals surface area contributed by atoms with Gasteiger partial charge in [0.05, 0.1) is 12.2 Å². The Balaban J connectivity index is 2.15. The average molecular weight is 289 g/mol. The highest BCUT2D eigenvalue weighted by Gasteiger charge is 2.15. The second kappa shape index (κ2) is 7.44. The number of benzene rings is 1. The summed E-state index contributed by atoms with van der Waals surface area (Å²) in [6.45, 7) is 2.79. The molecule has 1 heterocycles. The molecule has 0 saturated carbocycles. The lowest BCUT2D eigenvalue weighted by molar-refractivity contribution is 0.0944. The van der Waals surface area contributed by atoms with E-state index in [1.165, 1.54) is 6.07 Å². The van der Waals surface area contributed by atoms with Crippen LogP contribution in [0.2, 0.25) is 0 Å². The van der Waals surface area contributed by atoms with Crippen molar-refractivity contribution >= 4 is 5.91 Å². The van der Waals surface area contributed by atoms with Crippen LogP contribution >= 0.6 is 0 Å². The molecule has 2 aromatic rings. The Kier molecular flexibility index (Phi) is 5.34. The molecule has 1 aromatic carbocycles. The molecular formula is C15H19N3O3. The first kappa shape index (κ1) is 15.1. The Morgan fingerprint density at radius 1 is 1.38 bits per heavy atom. The van der Waals surface area contributed by atoms with E-state index in [1.807, 2.05) is 29.7 Å². The monoisotopic (exact) mass is 289 g/mol. The highest BCUT2D eigenvalue weighted by molar-refractivity contribution is 5.92. The number of hydrazine groups is 1. The molecule has 6 nitrogen and oxygen atoms in total. The van der Waals surface area contributed by atoms with Crippen LogP contribution in [0, 0.1) is 0 Å². The largest absolute Gasteiger partial charge is 0.493 e. The number of nitrogens with one attached hydrogen (secondary N) is 1. The van der Waals surface area contributed by atoms with Crippen LogP contribution in [0.1, 0.15) is 36.7 Å². The van der Waals surface area contributed by atoms with Gasteiger partial charge in [-0.15, -0.1) is 0 Å². The fourth-order valence-electron chi connectivity index (χ4n) is 1.91. The topological polar surface area (TPSA) is 90.4 Å². The lowest BCUT2D eigenvalue weighted by atomic mass is 10.1. The van der Waals surface area contributed by atoms with Gasteiger partial charge in [0.1, 0.15) is 5.75 Å². The number of carbonyl (C=O) groups is 1. The summed E-state index contributed by atoms with van der Waals surface area (Å²) < 4.78 is 11.0. The summed E-state index contributed by atoms with van der Waals surface area (Å²) in [5.41, 5.74) is 2.91. The van der Waals surface area contributed by atoms with Crippen LogP contribution in [0.5, 0.6) is 5.75 Å². The minimum absolute atomic E-state index is 0.133. The van der Waals surface area contributed by atoms with Crippen LogP contribution in [0.25, 0.3) is 11.3 Å². The van der Waals surface area contributed by atoms with Crippen molar-refractivity contribution in [1.29, 1.82) is 0 Å². The van der Waals surface area contributed by atoms with Gasteiger partial charge < -0.3 is 9.26 Å². The Morgan fingerprint density at radius 3 is 2.95 bits per heavy atom. The van der Waals surface area contributed by atoms with E-state index in [1.54, 1.807) is 0 Å². The van der Waals surface area contributed by atoms with Gasteiger partial charge in [-0.3, -0.25) is 10.2 Å². The van der Waals surface area contributed by atoms with E-state index < -0.39 is 5.91 Å². The summed E-state index contributed by atoms with van der Waals surface area (Å²) in [6.07, 6.45) is 3.28. The van der Waals surface area contributed by atoms with Crippen molar-refractivity contribution in [3.05, 3.63) is 36.0 Å². The molecule has 0 aliphatic carbocycles. The third-order valence-electron chi connectivity index (χ3n) is 3.03. The zero-order valence-electron chi connectivity index (χ0n) is 12.0. The van der Waals surface area contributed by atoms with E-state index in [-0.39, 0.29) is 5.69 Å². The maximum atomic E-state index is 11.4. The number of hydrogen-bond donors (Lipinski definition) is 2. The maximum absolute atomic E-state index is 11.4. The van der Waals surface area contributed by atoms with Crippen molar-refractivity contribution in [2.24, 2.45) is 5.84 Å². The third-order valence-corrected chi connectivity index (χ3v) is 3.03. The number of ether oxygens (including phenoxy) is 1. The smallest absolute Gasteiger partial charge is 0.287 e. The quantitative estimate of drug-likeness (QED) is 0.354. The first-order valence-corrected chi connectivity index (χ1v) is 6.96. The first-order valence-electron chi connectivity index (χ1n) is 6.96. The average Bonchev–Trinajstić information content (AvgIpc) is 3.01. The van der Waals surface area contributed by atoms with Crippen LogP contribution < -0.4 is 16.0 Å². The highest BCUT2D eigenvalue weighted by Crippen LogP contribution is 2.30. The number of unbranched alkanes of at least 4 members (excludes halogenated alkanes) is 2. The van der Waals surface area contributed by atoms with Gasteiger partial charge in [-0.25, -0.2) is 5.84 Å². The van der Waals surface area contributed by atoms with Gasteiger partial charge in [-0.1, -0.05) is 37.1 Å². The van der Waals surface area contributed by atoms with Crippen LogP contribution in [0.15, 0.2) is 34.9 Å². The number of aromatic nitrogens is 1. The number of para-hydroxylation sites is 1. The molecule has 0 radical (unpaired) electrons. The van der Waals surface area contributed by atoms with Gasteiger partial charge in [-0.2, -0.15) is 0 Å². The Morgan fingerprint density at radius 2 is 2.19 bits per heavy atom. The molecule has 0 aliphatic rings. The van der Waals surface area contributed by atoms with Crippen molar-refractivity contribution in [3.63, 3.8) is 0 Å². The number of nitrogens with two attached hydrogens (primary N) is 1. The minimum Gasteiger partial charge on any atom is -0.493 e. The van der Waals surface area contributed by atoms with Crippen molar-refractivity contribution in [3.8, 4) is 17.1 Å². The number of nitrogen functional groups attached to an aromatic ring is 1. The van der Waals surface area contributed by atoms with Crippen LogP contribution in [0.4, 0.5) is 0 Å². The molecule has 0 atom stereocenters. The van der Waals surface area contributed by atoms with Crippen molar-refractivity contribution in [1.82, 2.24) is 10.6 Å². The SMILES string of the molecule is CCCCCOc1ccccc1-c1cc(C(=O)NN)no1. The number of carbonyl (C=O) groups excluding carboxylic acids is 1. The minimum atomic E-state index is -0.494. The Hall–Kier alpha value is -2.34. The summed E-state index contributed by atoms with van der Waals surface area (Å²) in [6, 6.07) is 9.03. The number of hydrogen-bond acceptors (Lipinski definition) is 5. The molecule has 1 amide bonds. The van der Waals surface area contributed by atoms with Gasteiger partial charge in [0.25, 0.3) is 5.91 Å². The van der Waals surface area contributed by atoms with Crippen molar-refractivity contribution in [2.45, 2.75) is 26.2 Å². The lowest BCUT2D eigenvalue weighted by Gasteiger charge is -2.09. The molecule has 0 unspecified atom stereocenters. The number of nitrogens with zero attached hydrogens (tertiary/aromatic N) is 1. The second-order valence-corrected chi connectivity index (χ2v) is 4.60. The molecule has 6 heteroatoms. The first-order chi connectivity index (χ1) is 10.3. The van der Waals surface area contributed by atoms with Crippen LogP contribution in [-0.4, -0.2) is 17.7 Å². The predicted molar refractivity (Wildman–Crippen MR) is 78.6 cm³/mol. The molecule has 0 bridgehead atoms. The third kappa shape index (κ3) is 3.82.